The summed E-state index contributed by atoms with van der Waals surface area (Å²) in [6.45, 7) is 5.90. The van der Waals surface area contributed by atoms with Crippen molar-refractivity contribution in [3.8, 4) is 0 Å². The summed E-state index contributed by atoms with van der Waals surface area (Å²) in [5.74, 6) is 0.891. The van der Waals surface area contributed by atoms with Gasteiger partial charge in [0.1, 0.15) is 10.8 Å². The first-order chi connectivity index (χ1) is 9.28. The largest absolute Gasteiger partial charge is 0.377 e. The second-order valence-corrected chi connectivity index (χ2v) is 5.87. The molecule has 0 saturated carbocycles. The summed E-state index contributed by atoms with van der Waals surface area (Å²) < 4.78 is 7.64. The molecule has 0 aromatic carbocycles. The second kappa shape index (κ2) is 5.38. The number of ether oxygens (including phenoxy) is 1. The van der Waals surface area contributed by atoms with Gasteiger partial charge in [0, 0.05) is 30.8 Å². The van der Waals surface area contributed by atoms with Crippen LogP contribution in [-0.2, 0) is 4.74 Å². The number of aromatic nitrogens is 3. The lowest BCUT2D eigenvalue weighted by atomic mass is 10.3. The first-order valence-corrected chi connectivity index (χ1v) is 7.51. The third kappa shape index (κ3) is 2.55. The van der Waals surface area contributed by atoms with Crippen LogP contribution < -0.4 is 5.32 Å². The van der Waals surface area contributed by atoms with Crippen molar-refractivity contribution in [3.63, 3.8) is 0 Å². The third-order valence-electron chi connectivity index (χ3n) is 3.27. The highest BCUT2D eigenvalue weighted by Crippen LogP contribution is 2.33. The van der Waals surface area contributed by atoms with Crippen molar-refractivity contribution in [1.29, 1.82) is 0 Å². The van der Waals surface area contributed by atoms with E-state index in [0.29, 0.717) is 5.25 Å². The molecule has 0 radical (unpaired) electrons. The highest BCUT2D eigenvalue weighted by atomic mass is 32.2. The summed E-state index contributed by atoms with van der Waals surface area (Å²) in [5, 5.41) is 4.70. The Kier molecular flexibility index (Phi) is 3.61. The first-order valence-electron chi connectivity index (χ1n) is 6.63. The van der Waals surface area contributed by atoms with Crippen molar-refractivity contribution in [2.75, 3.05) is 18.5 Å². The lowest BCUT2D eigenvalue weighted by molar-refractivity contribution is 0.127. The molecule has 5 nitrogen and oxygen atoms in total. The van der Waals surface area contributed by atoms with Gasteiger partial charge in [-0.1, -0.05) is 11.8 Å². The zero-order valence-electron chi connectivity index (χ0n) is 11.2. The quantitative estimate of drug-likeness (QED) is 0.931. The van der Waals surface area contributed by atoms with Gasteiger partial charge in [-0.15, -0.1) is 0 Å². The molecule has 3 heterocycles. The summed E-state index contributed by atoms with van der Waals surface area (Å²) in [6, 6.07) is 0. The Hall–Kier alpha value is -1.27. The van der Waals surface area contributed by atoms with Crippen LogP contribution in [0.3, 0.4) is 0 Å². The highest BCUT2D eigenvalue weighted by Gasteiger charge is 2.26. The number of rotatable bonds is 4. The van der Waals surface area contributed by atoms with E-state index in [0.717, 1.165) is 36.1 Å². The van der Waals surface area contributed by atoms with Crippen molar-refractivity contribution < 1.29 is 4.74 Å². The van der Waals surface area contributed by atoms with E-state index < -0.39 is 0 Å². The first kappa shape index (κ1) is 12.7. The zero-order chi connectivity index (χ0) is 13.2. The zero-order valence-corrected chi connectivity index (χ0v) is 12.0. The molecular weight excluding hydrogens is 260 g/mol. The van der Waals surface area contributed by atoms with Crippen molar-refractivity contribution in [2.24, 2.45) is 0 Å². The average Bonchev–Trinajstić information content (AvgIpc) is 3.00. The average molecular weight is 278 g/mol. The molecule has 0 aliphatic carbocycles. The van der Waals surface area contributed by atoms with E-state index in [2.05, 4.69) is 29.1 Å². The normalized spacial score (nSPS) is 23.1. The maximum absolute atomic E-state index is 5.62. The predicted molar refractivity (Wildman–Crippen MR) is 76.8 cm³/mol. The van der Waals surface area contributed by atoms with Gasteiger partial charge in [-0.05, 0) is 20.3 Å². The standard InChI is InChI=1S/C13H18N4OS/c1-3-14-11-8-17-6-5-15-12(17)13(16-11)19-10-4-7-18-9(10)2/h5-6,8-10,14H,3-4,7H2,1-2H3. The molecule has 1 aliphatic rings. The topological polar surface area (TPSA) is 51.5 Å². The molecule has 2 aromatic rings. The van der Waals surface area contributed by atoms with Crippen LogP contribution in [0.15, 0.2) is 23.6 Å². The van der Waals surface area contributed by atoms with Crippen LogP contribution in [0.1, 0.15) is 20.3 Å². The molecule has 1 saturated heterocycles. The van der Waals surface area contributed by atoms with E-state index in [1.807, 2.05) is 23.0 Å². The SMILES string of the molecule is CCNc1cn2ccnc2c(SC2CCOC2C)n1. The van der Waals surface area contributed by atoms with Crippen molar-refractivity contribution in [2.45, 2.75) is 36.6 Å². The van der Waals surface area contributed by atoms with Crippen LogP contribution in [0.25, 0.3) is 5.65 Å². The maximum atomic E-state index is 5.62. The summed E-state index contributed by atoms with van der Waals surface area (Å²) in [4.78, 5) is 9.07. The molecule has 0 spiro atoms. The fourth-order valence-corrected chi connectivity index (χ4v) is 3.44. The molecular formula is C13H18N4OS. The molecule has 1 aliphatic heterocycles. The number of thioether (sulfide) groups is 1. The molecule has 0 bridgehead atoms. The van der Waals surface area contributed by atoms with Crippen molar-refractivity contribution in [1.82, 2.24) is 14.4 Å². The molecule has 1 fully saturated rings. The van der Waals surface area contributed by atoms with E-state index >= 15 is 0 Å². The summed E-state index contributed by atoms with van der Waals surface area (Å²) >= 11 is 1.77. The molecule has 19 heavy (non-hydrogen) atoms. The lowest BCUT2D eigenvalue weighted by Crippen LogP contribution is -2.14. The summed E-state index contributed by atoms with van der Waals surface area (Å²) in [5.41, 5.74) is 0.922. The highest BCUT2D eigenvalue weighted by molar-refractivity contribution is 8.00. The van der Waals surface area contributed by atoms with Gasteiger partial charge in [-0.2, -0.15) is 0 Å². The molecule has 1 N–H and O–H groups in total. The number of fused-ring (bicyclic) bond motifs is 1. The molecule has 102 valence electrons. The Morgan fingerprint density at radius 1 is 1.58 bits per heavy atom. The van der Waals surface area contributed by atoms with E-state index in [-0.39, 0.29) is 6.10 Å². The number of nitrogens with zero attached hydrogens (tertiary/aromatic N) is 3. The molecule has 6 heteroatoms. The predicted octanol–water partition coefficient (Wildman–Crippen LogP) is 2.43. The van der Waals surface area contributed by atoms with Crippen LogP contribution in [0, 0.1) is 0 Å². The summed E-state index contributed by atoms with van der Waals surface area (Å²) in [7, 11) is 0. The number of imidazole rings is 1. The Labute approximate surface area is 116 Å². The van der Waals surface area contributed by atoms with E-state index in [1.165, 1.54) is 0 Å². The number of hydrogen-bond donors (Lipinski definition) is 1. The molecule has 0 amide bonds. The smallest absolute Gasteiger partial charge is 0.169 e. The van der Waals surface area contributed by atoms with Crippen molar-refractivity contribution >= 4 is 23.2 Å². The van der Waals surface area contributed by atoms with Crippen LogP contribution in [-0.4, -0.2) is 38.9 Å². The van der Waals surface area contributed by atoms with E-state index in [9.17, 15) is 0 Å². The summed E-state index contributed by atoms with van der Waals surface area (Å²) in [6.07, 6.45) is 7.10. The van der Waals surface area contributed by atoms with Gasteiger partial charge in [0.05, 0.1) is 12.3 Å². The Morgan fingerprint density at radius 2 is 2.47 bits per heavy atom. The monoisotopic (exact) mass is 278 g/mol. The number of anilines is 1. The fraction of sp³-hybridized carbons (Fsp3) is 0.538. The third-order valence-corrected chi connectivity index (χ3v) is 4.69. The minimum absolute atomic E-state index is 0.282. The van der Waals surface area contributed by atoms with Gasteiger partial charge in [0.25, 0.3) is 0 Å². The Bertz CT molecular complexity index is 571. The minimum Gasteiger partial charge on any atom is -0.377 e. The van der Waals surface area contributed by atoms with Gasteiger partial charge in [-0.25, -0.2) is 9.97 Å². The van der Waals surface area contributed by atoms with Gasteiger partial charge < -0.3 is 14.5 Å². The molecule has 2 aromatic heterocycles. The van der Waals surface area contributed by atoms with Crippen LogP contribution in [0.2, 0.25) is 0 Å². The van der Waals surface area contributed by atoms with Gasteiger partial charge in [-0.3, -0.25) is 0 Å². The maximum Gasteiger partial charge on any atom is 0.169 e. The Balaban J connectivity index is 1.93. The molecule has 2 atom stereocenters. The van der Waals surface area contributed by atoms with Gasteiger partial charge in [0.15, 0.2) is 5.65 Å². The lowest BCUT2D eigenvalue weighted by Gasteiger charge is -2.14. The van der Waals surface area contributed by atoms with Crippen LogP contribution >= 0.6 is 11.8 Å². The molecule has 2 unspecified atom stereocenters. The minimum atomic E-state index is 0.282. The van der Waals surface area contributed by atoms with Crippen LogP contribution in [0.5, 0.6) is 0 Å². The van der Waals surface area contributed by atoms with Crippen LogP contribution in [0.4, 0.5) is 5.82 Å². The number of nitrogens with one attached hydrogen (secondary N) is 1. The van der Waals surface area contributed by atoms with Gasteiger partial charge >= 0.3 is 0 Å². The number of hydrogen-bond acceptors (Lipinski definition) is 5. The second-order valence-electron chi connectivity index (χ2n) is 4.64. The van der Waals surface area contributed by atoms with Crippen molar-refractivity contribution in [3.05, 3.63) is 18.6 Å². The molecule has 3 rings (SSSR count). The Morgan fingerprint density at radius 3 is 3.21 bits per heavy atom. The van der Waals surface area contributed by atoms with E-state index in [1.54, 1.807) is 11.8 Å². The fourth-order valence-electron chi connectivity index (χ4n) is 2.26. The van der Waals surface area contributed by atoms with Gasteiger partial charge in [0.2, 0.25) is 0 Å². The van der Waals surface area contributed by atoms with E-state index in [4.69, 9.17) is 4.74 Å².